The standard InChI is InChI=1S/C15H20O3/c1-3-15(4-2,14(16)17)10-12-9-11-7-5-6-8-13(11)18-12/h5-8,12H,3-4,9-10H2,1-2H3,(H,16,17). The number of carboxylic acids is 1. The third kappa shape index (κ3) is 2.22. The zero-order valence-electron chi connectivity index (χ0n) is 11.0. The molecule has 0 aliphatic carbocycles. The molecule has 3 nitrogen and oxygen atoms in total. The number of rotatable bonds is 5. The van der Waals surface area contributed by atoms with Crippen LogP contribution in [0.15, 0.2) is 24.3 Å². The second-order valence-electron chi connectivity index (χ2n) is 5.05. The van der Waals surface area contributed by atoms with Gasteiger partial charge in [0, 0.05) is 12.8 Å². The molecular formula is C15H20O3. The van der Waals surface area contributed by atoms with E-state index in [1.54, 1.807) is 0 Å². The van der Waals surface area contributed by atoms with Crippen molar-refractivity contribution in [2.24, 2.45) is 5.41 Å². The minimum atomic E-state index is -0.702. The molecule has 1 N–H and O–H groups in total. The summed E-state index contributed by atoms with van der Waals surface area (Å²) in [6, 6.07) is 7.95. The molecule has 0 radical (unpaired) electrons. The Balaban J connectivity index is 2.10. The summed E-state index contributed by atoms with van der Waals surface area (Å²) in [5, 5.41) is 9.45. The zero-order chi connectivity index (χ0) is 13.2. The zero-order valence-corrected chi connectivity index (χ0v) is 11.0. The maximum atomic E-state index is 11.5. The van der Waals surface area contributed by atoms with Crippen molar-refractivity contribution in [3.8, 4) is 5.75 Å². The van der Waals surface area contributed by atoms with Crippen LogP contribution in [0.2, 0.25) is 0 Å². The number of para-hydroxylation sites is 1. The molecule has 0 saturated carbocycles. The van der Waals surface area contributed by atoms with Crippen LogP contribution in [-0.2, 0) is 11.2 Å². The molecule has 2 rings (SSSR count). The molecule has 1 aromatic rings. The minimum Gasteiger partial charge on any atom is -0.490 e. The van der Waals surface area contributed by atoms with Crippen molar-refractivity contribution >= 4 is 5.97 Å². The SMILES string of the molecule is CCC(CC)(CC1Cc2ccccc2O1)C(=O)O. The summed E-state index contributed by atoms with van der Waals surface area (Å²) >= 11 is 0. The summed E-state index contributed by atoms with van der Waals surface area (Å²) in [7, 11) is 0. The molecular weight excluding hydrogens is 228 g/mol. The highest BCUT2D eigenvalue weighted by Crippen LogP contribution is 2.38. The Morgan fingerprint density at radius 2 is 2.06 bits per heavy atom. The van der Waals surface area contributed by atoms with E-state index < -0.39 is 11.4 Å². The second kappa shape index (κ2) is 5.01. The van der Waals surface area contributed by atoms with Crippen LogP contribution in [0, 0.1) is 5.41 Å². The van der Waals surface area contributed by atoms with Gasteiger partial charge in [-0.2, -0.15) is 0 Å². The highest BCUT2D eigenvalue weighted by molar-refractivity contribution is 5.74. The molecule has 0 bridgehead atoms. The molecule has 18 heavy (non-hydrogen) atoms. The molecule has 1 aromatic carbocycles. The number of aliphatic carboxylic acids is 1. The van der Waals surface area contributed by atoms with Crippen LogP contribution in [0.4, 0.5) is 0 Å². The van der Waals surface area contributed by atoms with Crippen LogP contribution < -0.4 is 4.74 Å². The number of benzene rings is 1. The lowest BCUT2D eigenvalue weighted by atomic mass is 9.77. The predicted octanol–water partition coefficient (Wildman–Crippen LogP) is 3.27. The predicted molar refractivity (Wildman–Crippen MR) is 69.8 cm³/mol. The van der Waals surface area contributed by atoms with Crippen molar-refractivity contribution in [2.75, 3.05) is 0 Å². The van der Waals surface area contributed by atoms with E-state index in [1.165, 1.54) is 5.56 Å². The van der Waals surface area contributed by atoms with Gasteiger partial charge in [-0.3, -0.25) is 4.79 Å². The first kappa shape index (κ1) is 12.9. The topological polar surface area (TPSA) is 46.5 Å². The molecule has 0 spiro atoms. The summed E-state index contributed by atoms with van der Waals surface area (Å²) in [6.45, 7) is 3.89. The average Bonchev–Trinajstić information content (AvgIpc) is 2.77. The van der Waals surface area contributed by atoms with Gasteiger partial charge < -0.3 is 9.84 Å². The van der Waals surface area contributed by atoms with Crippen LogP contribution >= 0.6 is 0 Å². The lowest BCUT2D eigenvalue weighted by molar-refractivity contribution is -0.151. The summed E-state index contributed by atoms with van der Waals surface area (Å²) < 4.78 is 5.85. The van der Waals surface area contributed by atoms with E-state index in [-0.39, 0.29) is 6.10 Å². The molecule has 1 unspecified atom stereocenters. The van der Waals surface area contributed by atoms with Crippen molar-refractivity contribution in [1.29, 1.82) is 0 Å². The van der Waals surface area contributed by atoms with Crippen molar-refractivity contribution in [3.63, 3.8) is 0 Å². The fourth-order valence-corrected chi connectivity index (χ4v) is 2.73. The van der Waals surface area contributed by atoms with Gasteiger partial charge in [0.1, 0.15) is 11.9 Å². The summed E-state index contributed by atoms with van der Waals surface area (Å²) in [5.41, 5.74) is 0.543. The molecule has 1 heterocycles. The first-order valence-corrected chi connectivity index (χ1v) is 6.59. The smallest absolute Gasteiger partial charge is 0.309 e. The Morgan fingerprint density at radius 3 is 2.61 bits per heavy atom. The van der Waals surface area contributed by atoms with E-state index >= 15 is 0 Å². The van der Waals surface area contributed by atoms with Crippen LogP contribution in [0.25, 0.3) is 0 Å². The monoisotopic (exact) mass is 248 g/mol. The fraction of sp³-hybridized carbons (Fsp3) is 0.533. The van der Waals surface area contributed by atoms with Crippen LogP contribution in [0.3, 0.4) is 0 Å². The van der Waals surface area contributed by atoms with Crippen molar-refractivity contribution in [1.82, 2.24) is 0 Å². The molecule has 0 saturated heterocycles. The molecule has 1 atom stereocenters. The Bertz CT molecular complexity index is 410. The van der Waals surface area contributed by atoms with Gasteiger partial charge >= 0.3 is 5.97 Å². The molecule has 0 aromatic heterocycles. The highest BCUT2D eigenvalue weighted by atomic mass is 16.5. The van der Waals surface area contributed by atoms with Gasteiger partial charge in [-0.05, 0) is 24.5 Å². The Hall–Kier alpha value is -1.51. The maximum Gasteiger partial charge on any atom is 0.309 e. The number of carbonyl (C=O) groups is 1. The minimum absolute atomic E-state index is 0.00148. The Morgan fingerprint density at radius 1 is 1.39 bits per heavy atom. The van der Waals surface area contributed by atoms with Crippen molar-refractivity contribution in [3.05, 3.63) is 29.8 Å². The van der Waals surface area contributed by atoms with E-state index in [2.05, 4.69) is 6.07 Å². The van der Waals surface area contributed by atoms with E-state index in [0.29, 0.717) is 19.3 Å². The highest BCUT2D eigenvalue weighted by Gasteiger charge is 2.39. The van der Waals surface area contributed by atoms with E-state index in [9.17, 15) is 9.90 Å². The molecule has 1 aliphatic rings. The molecule has 3 heteroatoms. The quantitative estimate of drug-likeness (QED) is 0.869. The number of hydrogen-bond acceptors (Lipinski definition) is 2. The van der Waals surface area contributed by atoms with E-state index in [0.717, 1.165) is 12.2 Å². The average molecular weight is 248 g/mol. The first-order valence-electron chi connectivity index (χ1n) is 6.59. The van der Waals surface area contributed by atoms with Gasteiger partial charge in [0.25, 0.3) is 0 Å². The van der Waals surface area contributed by atoms with E-state index in [4.69, 9.17) is 4.74 Å². The molecule has 98 valence electrons. The number of carboxylic acid groups (broad SMARTS) is 1. The van der Waals surface area contributed by atoms with Crippen molar-refractivity contribution < 1.29 is 14.6 Å². The van der Waals surface area contributed by atoms with Crippen LogP contribution in [0.1, 0.15) is 38.7 Å². The largest absolute Gasteiger partial charge is 0.490 e. The third-order valence-electron chi connectivity index (χ3n) is 4.14. The van der Waals surface area contributed by atoms with Crippen molar-refractivity contribution in [2.45, 2.75) is 45.6 Å². The van der Waals surface area contributed by atoms with Gasteiger partial charge in [0.15, 0.2) is 0 Å². The fourth-order valence-electron chi connectivity index (χ4n) is 2.73. The summed E-state index contributed by atoms with van der Waals surface area (Å²) in [5.74, 6) is 0.209. The molecule has 0 amide bonds. The van der Waals surface area contributed by atoms with Gasteiger partial charge in [-0.25, -0.2) is 0 Å². The summed E-state index contributed by atoms with van der Waals surface area (Å²) in [6.07, 6.45) is 2.71. The Kier molecular flexibility index (Phi) is 3.60. The summed E-state index contributed by atoms with van der Waals surface area (Å²) in [4.78, 5) is 11.5. The maximum absolute atomic E-state index is 11.5. The first-order chi connectivity index (χ1) is 8.61. The van der Waals surface area contributed by atoms with Gasteiger partial charge in [-0.15, -0.1) is 0 Å². The third-order valence-corrected chi connectivity index (χ3v) is 4.14. The lowest BCUT2D eigenvalue weighted by Crippen LogP contribution is -2.35. The Labute approximate surface area is 108 Å². The van der Waals surface area contributed by atoms with Crippen LogP contribution in [0.5, 0.6) is 5.75 Å². The van der Waals surface area contributed by atoms with Crippen LogP contribution in [-0.4, -0.2) is 17.2 Å². The number of fused-ring (bicyclic) bond motifs is 1. The van der Waals surface area contributed by atoms with E-state index in [1.807, 2.05) is 32.0 Å². The second-order valence-corrected chi connectivity index (χ2v) is 5.05. The molecule has 0 fully saturated rings. The lowest BCUT2D eigenvalue weighted by Gasteiger charge is -2.29. The number of ether oxygens (including phenoxy) is 1. The number of hydrogen-bond donors (Lipinski definition) is 1. The molecule has 1 aliphatic heterocycles. The van der Waals surface area contributed by atoms with Gasteiger partial charge in [-0.1, -0.05) is 32.0 Å². The van der Waals surface area contributed by atoms with Gasteiger partial charge in [0.2, 0.25) is 0 Å². The normalized spacial score (nSPS) is 18.2. The van der Waals surface area contributed by atoms with Gasteiger partial charge in [0.05, 0.1) is 5.41 Å².